The van der Waals surface area contributed by atoms with Gasteiger partial charge in [0.1, 0.15) is 5.82 Å². The van der Waals surface area contributed by atoms with E-state index in [4.69, 9.17) is 0 Å². The van der Waals surface area contributed by atoms with Gasteiger partial charge in [-0.15, -0.1) is 0 Å². The number of benzene rings is 1. The lowest BCUT2D eigenvalue weighted by molar-refractivity contribution is 0.205. The summed E-state index contributed by atoms with van der Waals surface area (Å²) in [5, 5.41) is 9.67. The molecule has 1 atom stereocenters. The van der Waals surface area contributed by atoms with Crippen LogP contribution in [0.25, 0.3) is 0 Å². The molecule has 0 heterocycles. The predicted molar refractivity (Wildman–Crippen MR) is 45.2 cm³/mol. The summed E-state index contributed by atoms with van der Waals surface area (Å²) in [5.41, 5.74) is 0.599. The molecule has 60 valence electrons. The number of aliphatic hydroxyl groups excluding tert-OH is 1. The molecule has 0 aliphatic heterocycles. The fraction of sp³-hybridized carbons (Fsp3) is 0.250. The van der Waals surface area contributed by atoms with E-state index >= 15 is 0 Å². The molecule has 0 bridgehead atoms. The van der Waals surface area contributed by atoms with E-state index in [0.29, 0.717) is 10.9 Å². The van der Waals surface area contributed by atoms with Crippen LogP contribution in [0.2, 0.25) is 0 Å². The molecule has 0 spiro atoms. The third kappa shape index (κ3) is 2.27. The van der Waals surface area contributed by atoms with Crippen LogP contribution < -0.4 is 0 Å². The SMILES string of the molecule is O[C@@H](CBr)c1cccc(F)c1. The lowest BCUT2D eigenvalue weighted by Gasteiger charge is -2.05. The van der Waals surface area contributed by atoms with Crippen molar-refractivity contribution in [3.63, 3.8) is 0 Å². The minimum absolute atomic E-state index is 0.317. The number of halogens is 2. The second-order valence-electron chi connectivity index (χ2n) is 2.23. The Morgan fingerprint density at radius 2 is 2.27 bits per heavy atom. The number of alkyl halides is 1. The maximum Gasteiger partial charge on any atom is 0.123 e. The molecule has 1 N–H and O–H groups in total. The van der Waals surface area contributed by atoms with E-state index in [1.807, 2.05) is 0 Å². The van der Waals surface area contributed by atoms with Crippen LogP contribution in [-0.2, 0) is 0 Å². The number of aliphatic hydroxyl groups is 1. The van der Waals surface area contributed by atoms with E-state index in [-0.39, 0.29) is 5.82 Å². The van der Waals surface area contributed by atoms with Gasteiger partial charge in [0.05, 0.1) is 6.10 Å². The highest BCUT2D eigenvalue weighted by Gasteiger charge is 2.04. The van der Waals surface area contributed by atoms with Crippen molar-refractivity contribution in [3.05, 3.63) is 35.6 Å². The van der Waals surface area contributed by atoms with Gasteiger partial charge in [-0.1, -0.05) is 28.1 Å². The molecule has 1 aromatic rings. The van der Waals surface area contributed by atoms with Crippen LogP contribution in [-0.4, -0.2) is 10.4 Å². The molecule has 0 fully saturated rings. The van der Waals surface area contributed by atoms with Crippen molar-refractivity contribution in [2.45, 2.75) is 6.10 Å². The third-order valence-corrected chi connectivity index (χ3v) is 1.99. The van der Waals surface area contributed by atoms with Crippen LogP contribution >= 0.6 is 15.9 Å². The first-order chi connectivity index (χ1) is 5.24. The van der Waals surface area contributed by atoms with Crippen LogP contribution in [0.3, 0.4) is 0 Å². The largest absolute Gasteiger partial charge is 0.388 e. The molecule has 0 unspecified atom stereocenters. The summed E-state index contributed by atoms with van der Waals surface area (Å²) >= 11 is 3.10. The molecule has 0 amide bonds. The van der Waals surface area contributed by atoms with Crippen molar-refractivity contribution in [2.24, 2.45) is 0 Å². The van der Waals surface area contributed by atoms with Gasteiger partial charge in [-0.2, -0.15) is 0 Å². The molecule has 0 radical (unpaired) electrons. The summed E-state index contributed by atoms with van der Waals surface area (Å²) < 4.78 is 12.5. The summed E-state index contributed by atoms with van der Waals surface area (Å²) in [6.45, 7) is 0. The Bertz CT molecular complexity index is 239. The van der Waals surface area contributed by atoms with Crippen molar-refractivity contribution in [2.75, 3.05) is 5.33 Å². The van der Waals surface area contributed by atoms with Gasteiger partial charge in [0.2, 0.25) is 0 Å². The predicted octanol–water partition coefficient (Wildman–Crippen LogP) is 2.25. The second kappa shape index (κ2) is 3.83. The molecule has 1 rings (SSSR count). The monoisotopic (exact) mass is 218 g/mol. The zero-order valence-electron chi connectivity index (χ0n) is 5.80. The first-order valence-electron chi connectivity index (χ1n) is 3.23. The summed E-state index contributed by atoms with van der Waals surface area (Å²) in [5.74, 6) is -0.317. The molecule has 0 saturated carbocycles. The van der Waals surface area contributed by atoms with Crippen molar-refractivity contribution in [1.82, 2.24) is 0 Å². The van der Waals surface area contributed by atoms with Crippen molar-refractivity contribution in [3.8, 4) is 0 Å². The highest BCUT2D eigenvalue weighted by Crippen LogP contribution is 2.15. The van der Waals surface area contributed by atoms with Crippen LogP contribution in [0.15, 0.2) is 24.3 Å². The summed E-state index contributed by atoms with van der Waals surface area (Å²) in [6, 6.07) is 5.95. The van der Waals surface area contributed by atoms with Gasteiger partial charge < -0.3 is 5.11 Å². The van der Waals surface area contributed by atoms with Gasteiger partial charge in [0, 0.05) is 5.33 Å². The molecule has 1 nitrogen and oxygen atoms in total. The molecule has 0 aliphatic rings. The van der Waals surface area contributed by atoms with Gasteiger partial charge in [-0.3, -0.25) is 0 Å². The Kier molecular flexibility index (Phi) is 3.02. The molecule has 0 aromatic heterocycles. The number of rotatable bonds is 2. The maximum absolute atomic E-state index is 12.5. The average Bonchev–Trinajstić information content (AvgIpc) is 2.03. The number of hydrogen-bond acceptors (Lipinski definition) is 1. The summed E-state index contributed by atoms with van der Waals surface area (Å²) in [6.07, 6.45) is -0.620. The quantitative estimate of drug-likeness (QED) is 0.756. The molecular formula is C8H8BrFO. The van der Waals surface area contributed by atoms with Crippen LogP contribution in [0, 0.1) is 5.82 Å². The van der Waals surface area contributed by atoms with E-state index in [1.54, 1.807) is 12.1 Å². The van der Waals surface area contributed by atoms with Gasteiger partial charge in [-0.05, 0) is 17.7 Å². The highest BCUT2D eigenvalue weighted by atomic mass is 79.9. The maximum atomic E-state index is 12.5. The van der Waals surface area contributed by atoms with E-state index in [0.717, 1.165) is 0 Å². The Morgan fingerprint density at radius 3 is 2.82 bits per heavy atom. The van der Waals surface area contributed by atoms with E-state index in [9.17, 15) is 9.50 Å². The van der Waals surface area contributed by atoms with E-state index < -0.39 is 6.10 Å². The molecule has 0 aliphatic carbocycles. The molecule has 0 saturated heterocycles. The van der Waals surface area contributed by atoms with Gasteiger partial charge in [-0.25, -0.2) is 4.39 Å². The number of hydrogen-bond donors (Lipinski definition) is 1. The van der Waals surface area contributed by atoms with E-state index in [2.05, 4.69) is 15.9 Å². The first-order valence-corrected chi connectivity index (χ1v) is 4.35. The Labute approximate surface area is 73.0 Å². The Balaban J connectivity index is 2.86. The first kappa shape index (κ1) is 8.68. The van der Waals surface area contributed by atoms with Crippen LogP contribution in [0.1, 0.15) is 11.7 Å². The van der Waals surface area contributed by atoms with Gasteiger partial charge in [0.25, 0.3) is 0 Å². The van der Waals surface area contributed by atoms with Crippen LogP contribution in [0.4, 0.5) is 4.39 Å². The van der Waals surface area contributed by atoms with E-state index in [1.165, 1.54) is 12.1 Å². The third-order valence-electron chi connectivity index (χ3n) is 1.38. The minimum Gasteiger partial charge on any atom is -0.388 e. The van der Waals surface area contributed by atoms with Crippen molar-refractivity contribution in [1.29, 1.82) is 0 Å². The zero-order valence-corrected chi connectivity index (χ0v) is 7.38. The topological polar surface area (TPSA) is 20.2 Å². The molecule has 1 aromatic carbocycles. The molecule has 11 heavy (non-hydrogen) atoms. The highest BCUT2D eigenvalue weighted by molar-refractivity contribution is 9.09. The Morgan fingerprint density at radius 1 is 1.55 bits per heavy atom. The average molecular weight is 219 g/mol. The fourth-order valence-electron chi connectivity index (χ4n) is 0.803. The normalized spacial score (nSPS) is 13.0. The lowest BCUT2D eigenvalue weighted by Crippen LogP contribution is -1.97. The lowest BCUT2D eigenvalue weighted by atomic mass is 10.1. The van der Waals surface area contributed by atoms with Gasteiger partial charge in [0.15, 0.2) is 0 Å². The second-order valence-corrected chi connectivity index (χ2v) is 2.87. The van der Waals surface area contributed by atoms with Crippen molar-refractivity contribution < 1.29 is 9.50 Å². The zero-order chi connectivity index (χ0) is 8.27. The van der Waals surface area contributed by atoms with Crippen molar-refractivity contribution >= 4 is 15.9 Å². The standard InChI is InChI=1S/C8H8BrFO/c9-5-8(11)6-2-1-3-7(10)4-6/h1-4,8,11H,5H2/t8-/m0/s1. The molecule has 3 heteroatoms. The minimum atomic E-state index is -0.620. The van der Waals surface area contributed by atoms with Crippen LogP contribution in [0.5, 0.6) is 0 Å². The Hall–Kier alpha value is -0.410. The smallest absolute Gasteiger partial charge is 0.123 e. The fourth-order valence-corrected chi connectivity index (χ4v) is 1.18. The van der Waals surface area contributed by atoms with Gasteiger partial charge >= 0.3 is 0 Å². The molecular weight excluding hydrogens is 211 g/mol. The summed E-state index contributed by atoms with van der Waals surface area (Å²) in [4.78, 5) is 0. The summed E-state index contributed by atoms with van der Waals surface area (Å²) in [7, 11) is 0.